The number of benzene rings is 1. The van der Waals surface area contributed by atoms with E-state index in [1.165, 1.54) is 57.9 Å². The average molecular weight is 243 g/mol. The van der Waals surface area contributed by atoms with Crippen LogP contribution in [0.3, 0.4) is 0 Å². The molecule has 1 atom stereocenters. The third-order valence-corrected chi connectivity index (χ3v) is 4.75. The van der Waals surface area contributed by atoms with Crippen molar-refractivity contribution in [2.45, 2.75) is 57.4 Å². The molecule has 1 aromatic rings. The molecule has 1 saturated carbocycles. The zero-order valence-corrected chi connectivity index (χ0v) is 11.3. The lowest BCUT2D eigenvalue weighted by atomic mass is 9.98. The van der Waals surface area contributed by atoms with Crippen LogP contribution in [0.15, 0.2) is 24.3 Å². The Balaban J connectivity index is 1.67. The van der Waals surface area contributed by atoms with Gasteiger partial charge in [-0.1, -0.05) is 43.5 Å². The largest absolute Gasteiger partial charge is 0.310 e. The summed E-state index contributed by atoms with van der Waals surface area (Å²) in [6.45, 7) is 1.24. The monoisotopic (exact) mass is 243 g/mol. The predicted molar refractivity (Wildman–Crippen MR) is 76.7 cm³/mol. The number of fused-ring (bicyclic) bond motifs is 1. The zero-order valence-electron chi connectivity index (χ0n) is 11.3. The second-order valence-electron chi connectivity index (χ2n) is 6.06. The molecular weight excluding hydrogens is 218 g/mol. The highest BCUT2D eigenvalue weighted by Crippen LogP contribution is 2.30. The Morgan fingerprint density at radius 3 is 2.61 bits per heavy atom. The molecule has 0 aliphatic heterocycles. The maximum absolute atomic E-state index is 3.86. The van der Waals surface area contributed by atoms with Gasteiger partial charge in [0, 0.05) is 6.04 Å². The molecular formula is C17H25N. The second kappa shape index (κ2) is 5.88. The fourth-order valence-electron chi connectivity index (χ4n) is 3.66. The van der Waals surface area contributed by atoms with Gasteiger partial charge < -0.3 is 5.32 Å². The average Bonchev–Trinajstić information content (AvgIpc) is 2.84. The Bertz CT molecular complexity index is 379. The van der Waals surface area contributed by atoms with Gasteiger partial charge in [-0.15, -0.1) is 0 Å². The van der Waals surface area contributed by atoms with Crippen LogP contribution in [0, 0.1) is 5.92 Å². The summed E-state index contributed by atoms with van der Waals surface area (Å²) in [5.74, 6) is 0.945. The molecule has 1 nitrogen and oxygen atoms in total. The van der Waals surface area contributed by atoms with Gasteiger partial charge in [0.1, 0.15) is 0 Å². The van der Waals surface area contributed by atoms with E-state index < -0.39 is 0 Å². The van der Waals surface area contributed by atoms with Crippen LogP contribution < -0.4 is 5.32 Å². The normalized spacial score (nSPS) is 24.8. The molecule has 1 fully saturated rings. The lowest BCUT2D eigenvalue weighted by Crippen LogP contribution is -2.26. The summed E-state index contributed by atoms with van der Waals surface area (Å²) >= 11 is 0. The minimum absolute atomic E-state index is 0.615. The first kappa shape index (κ1) is 12.2. The standard InChI is InChI=1S/C17H25N/c1-2-8-14(7-1)13-18-17-12-6-4-10-15-9-3-5-11-16(15)17/h3,5,9,11,14,17-18H,1-2,4,6-8,10,12-13H2. The first-order valence-electron chi connectivity index (χ1n) is 7.74. The summed E-state index contributed by atoms with van der Waals surface area (Å²) in [5, 5.41) is 3.86. The molecule has 1 N–H and O–H groups in total. The Morgan fingerprint density at radius 1 is 0.944 bits per heavy atom. The van der Waals surface area contributed by atoms with E-state index in [4.69, 9.17) is 0 Å². The molecule has 0 spiro atoms. The van der Waals surface area contributed by atoms with Crippen LogP contribution >= 0.6 is 0 Å². The van der Waals surface area contributed by atoms with Crippen LogP contribution in [0.25, 0.3) is 0 Å². The fourth-order valence-corrected chi connectivity index (χ4v) is 3.66. The molecule has 2 aliphatic carbocycles. The van der Waals surface area contributed by atoms with E-state index in [-0.39, 0.29) is 0 Å². The van der Waals surface area contributed by atoms with Crippen molar-refractivity contribution in [1.29, 1.82) is 0 Å². The summed E-state index contributed by atoms with van der Waals surface area (Å²) in [7, 11) is 0. The van der Waals surface area contributed by atoms with E-state index in [0.717, 1.165) is 5.92 Å². The molecule has 98 valence electrons. The van der Waals surface area contributed by atoms with Gasteiger partial charge >= 0.3 is 0 Å². The Labute approximate surface area is 111 Å². The first-order chi connectivity index (χ1) is 8.93. The lowest BCUT2D eigenvalue weighted by molar-refractivity contribution is 0.419. The predicted octanol–water partition coefficient (Wildman–Crippen LogP) is 4.23. The van der Waals surface area contributed by atoms with Crippen molar-refractivity contribution in [3.05, 3.63) is 35.4 Å². The number of hydrogen-bond acceptors (Lipinski definition) is 1. The highest BCUT2D eigenvalue weighted by atomic mass is 14.9. The minimum atomic E-state index is 0.615. The van der Waals surface area contributed by atoms with Gasteiger partial charge in [0.25, 0.3) is 0 Å². The van der Waals surface area contributed by atoms with Crippen LogP contribution in [0.4, 0.5) is 0 Å². The van der Waals surface area contributed by atoms with Crippen LogP contribution in [0.1, 0.15) is 62.1 Å². The van der Waals surface area contributed by atoms with Crippen LogP contribution in [-0.2, 0) is 6.42 Å². The minimum Gasteiger partial charge on any atom is -0.310 e. The first-order valence-corrected chi connectivity index (χ1v) is 7.74. The maximum atomic E-state index is 3.86. The van der Waals surface area contributed by atoms with Gasteiger partial charge in [0.05, 0.1) is 0 Å². The molecule has 18 heavy (non-hydrogen) atoms. The van der Waals surface area contributed by atoms with Crippen molar-refractivity contribution >= 4 is 0 Å². The molecule has 1 aromatic carbocycles. The lowest BCUT2D eigenvalue weighted by Gasteiger charge is -2.21. The molecule has 2 aliphatic rings. The summed E-state index contributed by atoms with van der Waals surface area (Å²) in [4.78, 5) is 0. The van der Waals surface area contributed by atoms with E-state index in [0.29, 0.717) is 6.04 Å². The number of nitrogens with one attached hydrogen (secondary N) is 1. The number of aryl methyl sites for hydroxylation is 1. The molecule has 0 aromatic heterocycles. The van der Waals surface area contributed by atoms with E-state index >= 15 is 0 Å². The van der Waals surface area contributed by atoms with E-state index in [1.54, 1.807) is 11.1 Å². The molecule has 1 unspecified atom stereocenters. The molecule has 0 radical (unpaired) electrons. The molecule has 0 saturated heterocycles. The third kappa shape index (κ3) is 2.77. The van der Waals surface area contributed by atoms with Crippen LogP contribution in [0.2, 0.25) is 0 Å². The molecule has 0 heterocycles. The van der Waals surface area contributed by atoms with Gasteiger partial charge in [-0.05, 0) is 55.7 Å². The van der Waals surface area contributed by atoms with Crippen molar-refractivity contribution in [2.24, 2.45) is 5.92 Å². The highest BCUT2D eigenvalue weighted by molar-refractivity contribution is 5.31. The van der Waals surface area contributed by atoms with Gasteiger partial charge in [-0.2, -0.15) is 0 Å². The molecule has 3 rings (SSSR count). The smallest absolute Gasteiger partial charge is 0.0323 e. The van der Waals surface area contributed by atoms with Gasteiger partial charge in [-0.3, -0.25) is 0 Å². The Hall–Kier alpha value is -0.820. The maximum Gasteiger partial charge on any atom is 0.0323 e. The SMILES string of the molecule is c1ccc2c(c1)CCCCC2NCC1CCCC1. The molecule has 0 amide bonds. The summed E-state index contributed by atoms with van der Waals surface area (Å²) < 4.78 is 0. The van der Waals surface area contributed by atoms with Crippen LogP contribution in [-0.4, -0.2) is 6.54 Å². The van der Waals surface area contributed by atoms with Crippen molar-refractivity contribution in [2.75, 3.05) is 6.54 Å². The van der Waals surface area contributed by atoms with E-state index in [2.05, 4.69) is 29.6 Å². The van der Waals surface area contributed by atoms with E-state index in [9.17, 15) is 0 Å². The summed E-state index contributed by atoms with van der Waals surface area (Å²) in [6, 6.07) is 9.68. The zero-order chi connectivity index (χ0) is 12.2. The van der Waals surface area contributed by atoms with Crippen molar-refractivity contribution < 1.29 is 0 Å². The topological polar surface area (TPSA) is 12.0 Å². The summed E-state index contributed by atoms with van der Waals surface area (Å²) in [6.07, 6.45) is 11.1. The van der Waals surface area contributed by atoms with Gasteiger partial charge in [-0.25, -0.2) is 0 Å². The number of hydrogen-bond donors (Lipinski definition) is 1. The Morgan fingerprint density at radius 2 is 1.72 bits per heavy atom. The van der Waals surface area contributed by atoms with Gasteiger partial charge in [0.15, 0.2) is 0 Å². The summed E-state index contributed by atoms with van der Waals surface area (Å²) in [5.41, 5.74) is 3.16. The van der Waals surface area contributed by atoms with Crippen LogP contribution in [0.5, 0.6) is 0 Å². The molecule has 1 heteroatoms. The fraction of sp³-hybridized carbons (Fsp3) is 0.647. The van der Waals surface area contributed by atoms with Crippen molar-refractivity contribution in [1.82, 2.24) is 5.32 Å². The van der Waals surface area contributed by atoms with Gasteiger partial charge in [0.2, 0.25) is 0 Å². The highest BCUT2D eigenvalue weighted by Gasteiger charge is 2.20. The van der Waals surface area contributed by atoms with E-state index in [1.807, 2.05) is 0 Å². The number of rotatable bonds is 3. The third-order valence-electron chi connectivity index (χ3n) is 4.75. The van der Waals surface area contributed by atoms with Crippen molar-refractivity contribution in [3.8, 4) is 0 Å². The molecule has 0 bridgehead atoms. The van der Waals surface area contributed by atoms with Crippen molar-refractivity contribution in [3.63, 3.8) is 0 Å². The second-order valence-corrected chi connectivity index (χ2v) is 6.06. The Kier molecular flexibility index (Phi) is 3.99. The quantitative estimate of drug-likeness (QED) is 0.783.